The van der Waals surface area contributed by atoms with Crippen molar-refractivity contribution in [2.75, 3.05) is 6.54 Å². The van der Waals surface area contributed by atoms with E-state index in [1.807, 2.05) is 0 Å². The molecule has 1 aliphatic rings. The van der Waals surface area contributed by atoms with Crippen LogP contribution < -0.4 is 0 Å². The molecule has 1 rings (SSSR count). The van der Waals surface area contributed by atoms with Crippen LogP contribution in [-0.2, 0) is 4.79 Å². The molecule has 1 saturated carbocycles. The van der Waals surface area contributed by atoms with Gasteiger partial charge in [0.05, 0.1) is 0 Å². The molecular weight excluding hydrogens is 166 g/mol. The van der Waals surface area contributed by atoms with E-state index in [0.29, 0.717) is 12.5 Å². The quantitative estimate of drug-likeness (QED) is 0.375. The number of rotatable bonds is 3. The summed E-state index contributed by atoms with van der Waals surface area (Å²) in [4.78, 5) is 14.0. The number of ketones is 1. The molecule has 2 unspecified atom stereocenters. The molecule has 0 aliphatic heterocycles. The molecule has 1 aliphatic carbocycles. The molecule has 0 aromatic carbocycles. The van der Waals surface area contributed by atoms with Gasteiger partial charge >= 0.3 is 0 Å². The molecule has 0 amide bonds. The standard InChI is InChI=1S/C9H15N3O/c1-7(13)9-5-3-2-4-8(9)6-11-12-10/h8-9H,2-6H2,1H3. The fourth-order valence-corrected chi connectivity index (χ4v) is 2.10. The lowest BCUT2D eigenvalue weighted by atomic mass is 9.77. The van der Waals surface area contributed by atoms with Crippen molar-refractivity contribution in [1.82, 2.24) is 0 Å². The van der Waals surface area contributed by atoms with Crippen LogP contribution in [0.15, 0.2) is 5.11 Å². The Morgan fingerprint density at radius 3 is 2.85 bits per heavy atom. The Morgan fingerprint density at radius 2 is 2.23 bits per heavy atom. The minimum Gasteiger partial charge on any atom is -0.300 e. The van der Waals surface area contributed by atoms with Gasteiger partial charge in [0.2, 0.25) is 0 Å². The average Bonchev–Trinajstić information content (AvgIpc) is 2.15. The molecule has 0 saturated heterocycles. The molecule has 72 valence electrons. The van der Waals surface area contributed by atoms with Crippen molar-refractivity contribution in [1.29, 1.82) is 0 Å². The number of hydrogen-bond acceptors (Lipinski definition) is 2. The van der Waals surface area contributed by atoms with Crippen molar-refractivity contribution in [2.24, 2.45) is 17.0 Å². The zero-order valence-corrected chi connectivity index (χ0v) is 7.94. The smallest absolute Gasteiger partial charge is 0.133 e. The molecule has 4 nitrogen and oxygen atoms in total. The fraction of sp³-hybridized carbons (Fsp3) is 0.889. The van der Waals surface area contributed by atoms with Gasteiger partial charge in [0, 0.05) is 17.4 Å². The molecule has 0 radical (unpaired) electrons. The Kier molecular flexibility index (Phi) is 3.77. The van der Waals surface area contributed by atoms with Gasteiger partial charge in [0.25, 0.3) is 0 Å². The van der Waals surface area contributed by atoms with E-state index in [0.717, 1.165) is 25.7 Å². The van der Waals surface area contributed by atoms with Crippen molar-refractivity contribution in [3.05, 3.63) is 10.4 Å². The zero-order chi connectivity index (χ0) is 9.68. The second-order valence-electron chi connectivity index (χ2n) is 3.68. The van der Waals surface area contributed by atoms with Gasteiger partial charge in [-0.2, -0.15) is 0 Å². The van der Waals surface area contributed by atoms with Crippen molar-refractivity contribution in [3.8, 4) is 0 Å². The molecule has 0 N–H and O–H groups in total. The highest BCUT2D eigenvalue weighted by molar-refractivity contribution is 5.78. The lowest BCUT2D eigenvalue weighted by molar-refractivity contribution is -0.123. The molecule has 2 atom stereocenters. The topological polar surface area (TPSA) is 65.8 Å². The Hall–Kier alpha value is -1.02. The Morgan fingerprint density at radius 1 is 1.54 bits per heavy atom. The first-order valence-corrected chi connectivity index (χ1v) is 4.77. The second-order valence-corrected chi connectivity index (χ2v) is 3.68. The highest BCUT2D eigenvalue weighted by Crippen LogP contribution is 2.30. The maximum absolute atomic E-state index is 11.2. The normalized spacial score (nSPS) is 27.8. The number of hydrogen-bond donors (Lipinski definition) is 0. The van der Waals surface area contributed by atoms with E-state index in [1.54, 1.807) is 6.92 Å². The third-order valence-corrected chi connectivity index (χ3v) is 2.81. The summed E-state index contributed by atoms with van der Waals surface area (Å²) in [6.07, 6.45) is 4.30. The van der Waals surface area contributed by atoms with E-state index < -0.39 is 0 Å². The summed E-state index contributed by atoms with van der Waals surface area (Å²) in [6, 6.07) is 0. The summed E-state index contributed by atoms with van der Waals surface area (Å²) in [5.41, 5.74) is 8.20. The minimum atomic E-state index is 0.138. The molecular formula is C9H15N3O. The summed E-state index contributed by atoms with van der Waals surface area (Å²) in [7, 11) is 0. The van der Waals surface area contributed by atoms with Crippen molar-refractivity contribution >= 4 is 5.78 Å². The summed E-state index contributed by atoms with van der Waals surface area (Å²) in [6.45, 7) is 2.12. The first-order valence-electron chi connectivity index (χ1n) is 4.77. The van der Waals surface area contributed by atoms with E-state index in [-0.39, 0.29) is 11.7 Å². The number of carbonyl (C=O) groups is 1. The summed E-state index contributed by atoms with van der Waals surface area (Å²) >= 11 is 0. The number of azide groups is 1. The van der Waals surface area contributed by atoms with Gasteiger partial charge in [-0.05, 0) is 31.2 Å². The van der Waals surface area contributed by atoms with Gasteiger partial charge in [0.1, 0.15) is 5.78 Å². The molecule has 1 fully saturated rings. The average molecular weight is 181 g/mol. The second kappa shape index (κ2) is 4.87. The van der Waals surface area contributed by atoms with Gasteiger partial charge in [0.15, 0.2) is 0 Å². The Labute approximate surface area is 77.9 Å². The van der Waals surface area contributed by atoms with Crippen molar-refractivity contribution in [2.45, 2.75) is 32.6 Å². The molecule has 0 aromatic heterocycles. The lowest BCUT2D eigenvalue weighted by Gasteiger charge is -2.28. The summed E-state index contributed by atoms with van der Waals surface area (Å²) < 4.78 is 0. The lowest BCUT2D eigenvalue weighted by Crippen LogP contribution is -2.27. The molecule has 4 heteroatoms. The fourth-order valence-electron chi connectivity index (χ4n) is 2.10. The van der Waals surface area contributed by atoms with E-state index in [2.05, 4.69) is 10.0 Å². The van der Waals surface area contributed by atoms with Crippen LogP contribution in [0, 0.1) is 11.8 Å². The first-order chi connectivity index (χ1) is 6.25. The van der Waals surface area contributed by atoms with Gasteiger partial charge in [-0.15, -0.1) is 0 Å². The molecule has 0 spiro atoms. The predicted molar refractivity (Wildman–Crippen MR) is 50.1 cm³/mol. The highest BCUT2D eigenvalue weighted by atomic mass is 16.1. The van der Waals surface area contributed by atoms with Crippen LogP contribution in [-0.4, -0.2) is 12.3 Å². The third-order valence-electron chi connectivity index (χ3n) is 2.81. The van der Waals surface area contributed by atoms with E-state index >= 15 is 0 Å². The molecule has 13 heavy (non-hydrogen) atoms. The van der Waals surface area contributed by atoms with Crippen LogP contribution in [0.1, 0.15) is 32.6 Å². The molecule has 0 bridgehead atoms. The van der Waals surface area contributed by atoms with Crippen LogP contribution >= 0.6 is 0 Å². The predicted octanol–water partition coefficient (Wildman–Crippen LogP) is 2.69. The minimum absolute atomic E-state index is 0.138. The number of carbonyl (C=O) groups excluding carboxylic acids is 1. The van der Waals surface area contributed by atoms with Crippen LogP contribution in [0.5, 0.6) is 0 Å². The highest BCUT2D eigenvalue weighted by Gasteiger charge is 2.27. The third kappa shape index (κ3) is 2.74. The molecule has 0 aromatic rings. The maximum Gasteiger partial charge on any atom is 0.133 e. The largest absolute Gasteiger partial charge is 0.300 e. The van der Waals surface area contributed by atoms with Crippen LogP contribution in [0.3, 0.4) is 0 Å². The van der Waals surface area contributed by atoms with E-state index in [1.165, 1.54) is 0 Å². The van der Waals surface area contributed by atoms with Crippen LogP contribution in [0.4, 0.5) is 0 Å². The first kappa shape index (κ1) is 10.1. The monoisotopic (exact) mass is 181 g/mol. The van der Waals surface area contributed by atoms with Gasteiger partial charge in [-0.25, -0.2) is 0 Å². The van der Waals surface area contributed by atoms with Gasteiger partial charge in [-0.1, -0.05) is 18.0 Å². The SMILES string of the molecule is CC(=O)C1CCCCC1CN=[N+]=[N-]. The van der Waals surface area contributed by atoms with Gasteiger partial charge < -0.3 is 0 Å². The maximum atomic E-state index is 11.2. The van der Waals surface area contributed by atoms with Crippen LogP contribution in [0.2, 0.25) is 0 Å². The number of nitrogens with zero attached hydrogens (tertiary/aromatic N) is 3. The zero-order valence-electron chi connectivity index (χ0n) is 7.94. The summed E-state index contributed by atoms with van der Waals surface area (Å²) in [5, 5.41) is 3.56. The van der Waals surface area contributed by atoms with Crippen molar-refractivity contribution in [3.63, 3.8) is 0 Å². The van der Waals surface area contributed by atoms with Crippen molar-refractivity contribution < 1.29 is 4.79 Å². The Balaban J connectivity index is 2.55. The summed E-state index contributed by atoms with van der Waals surface area (Å²) in [5.74, 6) is 0.680. The van der Waals surface area contributed by atoms with Crippen LogP contribution in [0.25, 0.3) is 10.4 Å². The van der Waals surface area contributed by atoms with Gasteiger partial charge in [-0.3, -0.25) is 4.79 Å². The molecule has 0 heterocycles. The van der Waals surface area contributed by atoms with E-state index in [9.17, 15) is 4.79 Å². The Bertz CT molecular complexity index is 233. The van der Waals surface area contributed by atoms with E-state index in [4.69, 9.17) is 5.53 Å². The number of Topliss-reactive ketones (excluding diaryl/α,β-unsaturated/α-hetero) is 1.